The molecule has 30 heavy (non-hydrogen) atoms. The first-order chi connectivity index (χ1) is 14.3. The summed E-state index contributed by atoms with van der Waals surface area (Å²) in [6, 6.07) is 5.63. The number of carbonyl (C=O) groups excluding carboxylic acids is 2. The van der Waals surface area contributed by atoms with Crippen LogP contribution in [0.1, 0.15) is 31.0 Å². The summed E-state index contributed by atoms with van der Waals surface area (Å²) in [4.78, 5) is 23.6. The summed E-state index contributed by atoms with van der Waals surface area (Å²) in [5.74, 6) is 0.789. The van der Waals surface area contributed by atoms with Crippen LogP contribution in [-0.2, 0) is 9.59 Å². The number of benzene rings is 1. The Balaban J connectivity index is 0.000000806. The van der Waals surface area contributed by atoms with E-state index in [-0.39, 0.29) is 6.15 Å². The van der Waals surface area contributed by atoms with Crippen LogP contribution in [0.3, 0.4) is 0 Å². The van der Waals surface area contributed by atoms with Gasteiger partial charge in [0, 0.05) is 41.1 Å². The van der Waals surface area contributed by atoms with Crippen molar-refractivity contribution in [2.45, 2.75) is 33.6 Å². The maximum atomic E-state index is 8.12. The molecule has 0 spiro atoms. The quantitative estimate of drug-likeness (QED) is 0.447. The van der Waals surface area contributed by atoms with E-state index in [4.69, 9.17) is 49.4 Å². The van der Waals surface area contributed by atoms with Crippen LogP contribution in [0.2, 0.25) is 15.1 Å². The highest BCUT2D eigenvalue weighted by Crippen LogP contribution is 2.38. The van der Waals surface area contributed by atoms with Crippen molar-refractivity contribution in [1.29, 1.82) is 0 Å². The lowest BCUT2D eigenvalue weighted by atomic mass is 9.98. The lowest BCUT2D eigenvalue weighted by Gasteiger charge is -2.33. The minimum Gasteiger partial charge on any atom is -0.371 e. The Morgan fingerprint density at radius 3 is 2.17 bits per heavy atom. The number of hydrogen-bond donors (Lipinski definition) is 0. The maximum Gasteiger partial charge on any atom is 0.373 e. The molecule has 1 fully saturated rings. The van der Waals surface area contributed by atoms with Crippen LogP contribution in [0.5, 0.6) is 0 Å². The van der Waals surface area contributed by atoms with Gasteiger partial charge in [-0.15, -0.1) is 0 Å². The largest absolute Gasteiger partial charge is 0.373 e. The van der Waals surface area contributed by atoms with Gasteiger partial charge >= 0.3 is 6.15 Å². The van der Waals surface area contributed by atoms with Gasteiger partial charge in [-0.25, -0.2) is 4.98 Å². The van der Waals surface area contributed by atoms with E-state index in [0.29, 0.717) is 15.1 Å². The molecule has 0 atom stereocenters. The second kappa shape index (κ2) is 9.40. The summed E-state index contributed by atoms with van der Waals surface area (Å²) >= 11 is 19.1. The molecule has 0 aliphatic carbocycles. The molecule has 0 amide bonds. The van der Waals surface area contributed by atoms with Gasteiger partial charge in [-0.05, 0) is 56.4 Å². The molecule has 3 aromatic rings. The zero-order valence-electron chi connectivity index (χ0n) is 17.0. The predicted molar refractivity (Wildman–Crippen MR) is 121 cm³/mol. The first-order valence-electron chi connectivity index (χ1n) is 9.65. The number of aromatic nitrogens is 2. The number of piperidine rings is 1. The number of anilines is 1. The van der Waals surface area contributed by atoms with Crippen molar-refractivity contribution in [3.8, 4) is 5.69 Å². The monoisotopic (exact) mass is 465 g/mol. The molecule has 2 aromatic heterocycles. The zero-order valence-corrected chi connectivity index (χ0v) is 19.3. The van der Waals surface area contributed by atoms with E-state index in [2.05, 4.69) is 31.0 Å². The molecular weight excluding hydrogens is 445 g/mol. The van der Waals surface area contributed by atoms with Gasteiger partial charge in [0.15, 0.2) is 0 Å². The van der Waals surface area contributed by atoms with Crippen molar-refractivity contribution >= 4 is 57.7 Å². The van der Waals surface area contributed by atoms with Gasteiger partial charge in [0.25, 0.3) is 0 Å². The van der Waals surface area contributed by atoms with Gasteiger partial charge < -0.3 is 4.90 Å². The lowest BCUT2D eigenvalue weighted by Crippen LogP contribution is -2.33. The van der Waals surface area contributed by atoms with Gasteiger partial charge in [-0.2, -0.15) is 9.59 Å². The Morgan fingerprint density at radius 1 is 1.03 bits per heavy atom. The molecular formula is C22H22Cl3N3O2. The molecule has 1 aromatic carbocycles. The average Bonchev–Trinajstić information content (AvgIpc) is 2.98. The summed E-state index contributed by atoms with van der Waals surface area (Å²) in [5.41, 5.74) is 5.00. The van der Waals surface area contributed by atoms with Crippen molar-refractivity contribution in [3.63, 3.8) is 0 Å². The fourth-order valence-corrected chi connectivity index (χ4v) is 4.94. The first kappa shape index (κ1) is 22.6. The molecule has 4 rings (SSSR count). The Hall–Kier alpha value is -2.04. The Labute approximate surface area is 190 Å². The van der Waals surface area contributed by atoms with Crippen molar-refractivity contribution in [2.24, 2.45) is 5.92 Å². The summed E-state index contributed by atoms with van der Waals surface area (Å²) in [6.07, 6.45) is 4.75. The first-order valence-corrected chi connectivity index (χ1v) is 10.8. The predicted octanol–water partition coefficient (Wildman–Crippen LogP) is 6.26. The third-order valence-corrected chi connectivity index (χ3v) is 6.19. The van der Waals surface area contributed by atoms with Crippen LogP contribution < -0.4 is 4.90 Å². The lowest BCUT2D eigenvalue weighted by molar-refractivity contribution is -0.191. The van der Waals surface area contributed by atoms with Gasteiger partial charge in [-0.1, -0.05) is 41.7 Å². The van der Waals surface area contributed by atoms with Gasteiger partial charge in [0.1, 0.15) is 5.65 Å². The number of halogens is 3. The fraction of sp³-hybridized carbons (Fsp3) is 0.364. The second-order valence-corrected chi connectivity index (χ2v) is 8.89. The summed E-state index contributed by atoms with van der Waals surface area (Å²) in [6.45, 7) is 8.63. The molecule has 0 radical (unpaired) electrons. The number of hydrogen-bond acceptors (Lipinski definition) is 4. The summed E-state index contributed by atoms with van der Waals surface area (Å²) in [7, 11) is 0. The van der Waals surface area contributed by atoms with E-state index >= 15 is 0 Å². The van der Waals surface area contributed by atoms with Crippen molar-refractivity contribution in [2.75, 3.05) is 18.0 Å². The topological polar surface area (TPSA) is 55.2 Å². The second-order valence-electron chi connectivity index (χ2n) is 7.63. The molecule has 0 saturated carbocycles. The van der Waals surface area contributed by atoms with Crippen LogP contribution in [0.25, 0.3) is 16.7 Å². The zero-order chi connectivity index (χ0) is 22.0. The minimum atomic E-state index is 0.250. The summed E-state index contributed by atoms with van der Waals surface area (Å²) < 4.78 is 1.99. The van der Waals surface area contributed by atoms with E-state index in [1.807, 2.05) is 11.5 Å². The fourth-order valence-electron chi connectivity index (χ4n) is 3.95. The van der Waals surface area contributed by atoms with Crippen LogP contribution in [0, 0.1) is 19.8 Å². The Bertz CT molecular complexity index is 1090. The van der Waals surface area contributed by atoms with Crippen LogP contribution in [0.15, 0.2) is 24.4 Å². The van der Waals surface area contributed by atoms with Crippen LogP contribution in [0.4, 0.5) is 5.69 Å². The van der Waals surface area contributed by atoms with E-state index < -0.39 is 0 Å². The molecule has 3 heterocycles. The van der Waals surface area contributed by atoms with Gasteiger partial charge in [-0.3, -0.25) is 4.57 Å². The molecule has 1 aliphatic heterocycles. The van der Waals surface area contributed by atoms with E-state index in [1.54, 1.807) is 12.1 Å². The normalized spacial score (nSPS) is 14.4. The molecule has 1 saturated heterocycles. The Morgan fingerprint density at radius 2 is 1.60 bits per heavy atom. The van der Waals surface area contributed by atoms with Crippen LogP contribution >= 0.6 is 34.8 Å². The van der Waals surface area contributed by atoms with Crippen molar-refractivity contribution in [1.82, 2.24) is 9.55 Å². The molecule has 1 aliphatic rings. The Kier molecular flexibility index (Phi) is 7.10. The number of fused-ring (bicyclic) bond motifs is 1. The SMILES string of the molecule is Cc1cc(N2CCC(C)CC2)c2c(C)cn(-c3c(Cl)cc(Cl)cc3Cl)c2n1.O=C=O. The third kappa shape index (κ3) is 4.50. The number of rotatable bonds is 2. The molecule has 0 unspecified atom stereocenters. The van der Waals surface area contributed by atoms with E-state index in [9.17, 15) is 0 Å². The molecule has 0 bridgehead atoms. The highest BCUT2D eigenvalue weighted by Gasteiger charge is 2.22. The maximum absolute atomic E-state index is 8.12. The van der Waals surface area contributed by atoms with E-state index in [0.717, 1.165) is 47.0 Å². The number of nitrogens with zero attached hydrogens (tertiary/aromatic N) is 3. The van der Waals surface area contributed by atoms with Gasteiger partial charge in [0.2, 0.25) is 0 Å². The molecule has 158 valence electrons. The van der Waals surface area contributed by atoms with Crippen molar-refractivity contribution in [3.05, 3.63) is 50.7 Å². The highest BCUT2D eigenvalue weighted by molar-refractivity contribution is 6.40. The number of pyridine rings is 1. The highest BCUT2D eigenvalue weighted by atomic mass is 35.5. The number of aryl methyl sites for hydroxylation is 2. The smallest absolute Gasteiger partial charge is 0.371 e. The van der Waals surface area contributed by atoms with Crippen molar-refractivity contribution < 1.29 is 9.59 Å². The molecule has 8 heteroatoms. The molecule has 0 N–H and O–H groups in total. The molecule has 5 nitrogen and oxygen atoms in total. The van der Waals surface area contributed by atoms with Crippen LogP contribution in [-0.4, -0.2) is 28.8 Å². The average molecular weight is 467 g/mol. The van der Waals surface area contributed by atoms with E-state index in [1.165, 1.54) is 18.5 Å². The van der Waals surface area contributed by atoms with Gasteiger partial charge in [0.05, 0.1) is 15.7 Å². The summed E-state index contributed by atoms with van der Waals surface area (Å²) in [5, 5.41) is 2.72. The standard InChI is InChI=1S/C21H22Cl3N3.CO2/c1-12-4-6-26(7-5-12)18-8-14(3)25-21-19(18)13(2)11-27(21)20-16(23)9-15(22)10-17(20)24;2-1-3/h8-12H,4-7H2,1-3H3;. The minimum absolute atomic E-state index is 0.250. The third-order valence-electron chi connectivity index (χ3n) is 5.40.